The molecule has 1 N–H and O–H groups in total. The first-order valence-corrected chi connectivity index (χ1v) is 6.92. The van der Waals surface area contributed by atoms with Gasteiger partial charge in [-0.15, -0.1) is 0 Å². The highest BCUT2D eigenvalue weighted by molar-refractivity contribution is 5.35. The van der Waals surface area contributed by atoms with Gasteiger partial charge in [0.2, 0.25) is 0 Å². The molecule has 0 saturated heterocycles. The van der Waals surface area contributed by atoms with Crippen molar-refractivity contribution >= 4 is 0 Å². The van der Waals surface area contributed by atoms with E-state index in [1.807, 2.05) is 19.1 Å². The van der Waals surface area contributed by atoms with Crippen LogP contribution in [0, 0.1) is 0 Å². The smallest absolute Gasteiger partial charge is 0.387 e. The van der Waals surface area contributed by atoms with E-state index in [9.17, 15) is 8.78 Å². The molecule has 1 atom stereocenters. The van der Waals surface area contributed by atoms with E-state index in [2.05, 4.69) is 17.0 Å². The Morgan fingerprint density at radius 3 is 2.58 bits per heavy atom. The van der Waals surface area contributed by atoms with Gasteiger partial charge in [-0.3, -0.25) is 0 Å². The lowest BCUT2D eigenvalue weighted by Gasteiger charge is -2.18. The Bertz CT molecular complexity index is 358. The van der Waals surface area contributed by atoms with Crippen LogP contribution in [0.5, 0.6) is 5.75 Å². The van der Waals surface area contributed by atoms with Gasteiger partial charge in [0.1, 0.15) is 5.75 Å². The van der Waals surface area contributed by atoms with Gasteiger partial charge in [-0.25, -0.2) is 0 Å². The van der Waals surface area contributed by atoms with Crippen molar-refractivity contribution in [1.82, 2.24) is 5.32 Å². The summed E-state index contributed by atoms with van der Waals surface area (Å²) in [7, 11) is 0. The average molecular weight is 271 g/mol. The van der Waals surface area contributed by atoms with Crippen LogP contribution in [0.4, 0.5) is 8.78 Å². The number of ether oxygens (including phenoxy) is 1. The van der Waals surface area contributed by atoms with Gasteiger partial charge in [0.15, 0.2) is 0 Å². The maximum Gasteiger partial charge on any atom is 0.387 e. The molecule has 2 nitrogen and oxygen atoms in total. The zero-order chi connectivity index (χ0) is 14.1. The molecule has 0 aliphatic carbocycles. The second-order valence-corrected chi connectivity index (χ2v) is 4.65. The van der Waals surface area contributed by atoms with Crippen LogP contribution in [0.3, 0.4) is 0 Å². The summed E-state index contributed by atoms with van der Waals surface area (Å²) in [5.74, 6) is 0.256. The number of para-hydroxylation sites is 1. The van der Waals surface area contributed by atoms with Crippen LogP contribution >= 0.6 is 0 Å². The van der Waals surface area contributed by atoms with Gasteiger partial charge in [-0.05, 0) is 26.0 Å². The van der Waals surface area contributed by atoms with Crippen LogP contribution in [-0.4, -0.2) is 13.2 Å². The van der Waals surface area contributed by atoms with Gasteiger partial charge in [0.05, 0.1) is 0 Å². The third kappa shape index (κ3) is 6.01. The minimum atomic E-state index is -2.78. The maximum atomic E-state index is 12.3. The summed E-state index contributed by atoms with van der Waals surface area (Å²) in [6, 6.07) is 6.95. The zero-order valence-electron chi connectivity index (χ0n) is 11.7. The Kier molecular flexibility index (Phi) is 7.41. The van der Waals surface area contributed by atoms with Crippen molar-refractivity contribution in [2.45, 2.75) is 52.2 Å². The van der Waals surface area contributed by atoms with Crippen molar-refractivity contribution in [3.63, 3.8) is 0 Å². The van der Waals surface area contributed by atoms with E-state index in [-0.39, 0.29) is 11.8 Å². The second kappa shape index (κ2) is 8.86. The molecule has 1 rings (SSSR count). The van der Waals surface area contributed by atoms with Crippen molar-refractivity contribution in [2.75, 3.05) is 6.54 Å². The lowest BCUT2D eigenvalue weighted by atomic mass is 10.1. The quantitative estimate of drug-likeness (QED) is 0.667. The monoisotopic (exact) mass is 271 g/mol. The van der Waals surface area contributed by atoms with Gasteiger partial charge < -0.3 is 10.1 Å². The largest absolute Gasteiger partial charge is 0.434 e. The molecule has 0 bridgehead atoms. The Hall–Kier alpha value is -1.16. The minimum absolute atomic E-state index is 0.0107. The molecule has 19 heavy (non-hydrogen) atoms. The summed E-state index contributed by atoms with van der Waals surface area (Å²) in [5, 5.41) is 3.35. The van der Waals surface area contributed by atoms with E-state index >= 15 is 0 Å². The van der Waals surface area contributed by atoms with E-state index in [0.717, 1.165) is 18.5 Å². The molecule has 1 unspecified atom stereocenters. The predicted molar refractivity (Wildman–Crippen MR) is 73.6 cm³/mol. The number of hydrogen-bond donors (Lipinski definition) is 1. The molecule has 1 aromatic carbocycles. The van der Waals surface area contributed by atoms with Crippen molar-refractivity contribution in [3.8, 4) is 5.75 Å². The summed E-state index contributed by atoms with van der Waals surface area (Å²) >= 11 is 0. The van der Waals surface area contributed by atoms with Crippen LogP contribution in [0.15, 0.2) is 24.3 Å². The van der Waals surface area contributed by atoms with Crippen LogP contribution in [-0.2, 0) is 0 Å². The molecule has 0 aliphatic rings. The number of rotatable bonds is 9. The molecule has 1 aromatic rings. The first-order chi connectivity index (χ1) is 9.15. The third-order valence-electron chi connectivity index (χ3n) is 3.08. The summed E-state index contributed by atoms with van der Waals surface area (Å²) in [6.07, 6.45) is 4.75. The molecule has 0 fully saturated rings. The van der Waals surface area contributed by atoms with E-state index in [0.29, 0.717) is 0 Å². The third-order valence-corrected chi connectivity index (χ3v) is 3.08. The normalized spacial score (nSPS) is 12.7. The molecule has 0 aliphatic heterocycles. The molecule has 0 radical (unpaired) electrons. The maximum absolute atomic E-state index is 12.3. The summed E-state index contributed by atoms with van der Waals surface area (Å²) < 4.78 is 29.2. The molecule has 108 valence electrons. The van der Waals surface area contributed by atoms with Crippen molar-refractivity contribution < 1.29 is 13.5 Å². The Balaban J connectivity index is 2.48. The standard InChI is InChI=1S/C15H23F2NO/c1-3-4-5-8-11-18-12(2)13-9-6-7-10-14(13)19-15(16)17/h6-7,9-10,12,15,18H,3-5,8,11H2,1-2H3. The van der Waals surface area contributed by atoms with E-state index in [4.69, 9.17) is 0 Å². The summed E-state index contributed by atoms with van der Waals surface area (Å²) in [4.78, 5) is 0. The first-order valence-electron chi connectivity index (χ1n) is 6.92. The number of nitrogens with one attached hydrogen (secondary N) is 1. The molecule has 0 amide bonds. The fourth-order valence-electron chi connectivity index (χ4n) is 2.02. The number of alkyl halides is 2. The Morgan fingerprint density at radius 2 is 1.89 bits per heavy atom. The van der Waals surface area contributed by atoms with E-state index in [1.54, 1.807) is 12.1 Å². The van der Waals surface area contributed by atoms with Gasteiger partial charge >= 0.3 is 6.61 Å². The molecular formula is C15H23F2NO. The van der Waals surface area contributed by atoms with Crippen LogP contribution in [0.25, 0.3) is 0 Å². The lowest BCUT2D eigenvalue weighted by Crippen LogP contribution is -2.21. The summed E-state index contributed by atoms with van der Waals surface area (Å²) in [6.45, 7) is 2.25. The highest BCUT2D eigenvalue weighted by Gasteiger charge is 2.13. The van der Waals surface area contributed by atoms with Crippen molar-refractivity contribution in [2.24, 2.45) is 0 Å². The number of unbranched alkanes of at least 4 members (excludes halogenated alkanes) is 3. The highest BCUT2D eigenvalue weighted by Crippen LogP contribution is 2.26. The van der Waals surface area contributed by atoms with E-state index < -0.39 is 6.61 Å². The van der Waals surface area contributed by atoms with Crippen LogP contribution in [0.1, 0.15) is 51.1 Å². The average Bonchev–Trinajstić information content (AvgIpc) is 2.38. The number of halogens is 2. The van der Waals surface area contributed by atoms with E-state index in [1.165, 1.54) is 19.3 Å². The lowest BCUT2D eigenvalue weighted by molar-refractivity contribution is -0.0506. The van der Waals surface area contributed by atoms with Gasteiger partial charge in [0.25, 0.3) is 0 Å². The van der Waals surface area contributed by atoms with Crippen molar-refractivity contribution in [1.29, 1.82) is 0 Å². The Labute approximate surface area is 114 Å². The first kappa shape index (κ1) is 15.9. The zero-order valence-corrected chi connectivity index (χ0v) is 11.7. The highest BCUT2D eigenvalue weighted by atomic mass is 19.3. The fraction of sp³-hybridized carbons (Fsp3) is 0.600. The van der Waals surface area contributed by atoms with Crippen LogP contribution in [0.2, 0.25) is 0 Å². The molecule has 0 spiro atoms. The topological polar surface area (TPSA) is 21.3 Å². The fourth-order valence-corrected chi connectivity index (χ4v) is 2.02. The van der Waals surface area contributed by atoms with Gasteiger partial charge in [-0.2, -0.15) is 8.78 Å². The Morgan fingerprint density at radius 1 is 1.16 bits per heavy atom. The number of hydrogen-bond acceptors (Lipinski definition) is 2. The second-order valence-electron chi connectivity index (χ2n) is 4.65. The SMILES string of the molecule is CCCCCCNC(C)c1ccccc1OC(F)F. The minimum Gasteiger partial charge on any atom is -0.434 e. The van der Waals surface area contributed by atoms with Gasteiger partial charge in [0, 0.05) is 11.6 Å². The molecule has 0 aromatic heterocycles. The van der Waals surface area contributed by atoms with Crippen LogP contribution < -0.4 is 10.1 Å². The molecule has 0 heterocycles. The molecule has 4 heteroatoms. The van der Waals surface area contributed by atoms with Gasteiger partial charge in [-0.1, -0.05) is 44.4 Å². The van der Waals surface area contributed by atoms with Crippen molar-refractivity contribution in [3.05, 3.63) is 29.8 Å². The molecular weight excluding hydrogens is 248 g/mol. The summed E-state index contributed by atoms with van der Waals surface area (Å²) in [5.41, 5.74) is 0.776. The molecule has 0 saturated carbocycles. The predicted octanol–water partition coefficient (Wildman–Crippen LogP) is 4.52. The number of benzene rings is 1.